The summed E-state index contributed by atoms with van der Waals surface area (Å²) in [6, 6.07) is 0. The topological polar surface area (TPSA) is 172 Å². The van der Waals surface area contributed by atoms with E-state index in [0.29, 0.717) is 0 Å². The van der Waals surface area contributed by atoms with Gasteiger partial charge in [-0.1, -0.05) is 0 Å². The third kappa shape index (κ3) is 8.40. The minimum atomic E-state index is -5.77. The molecule has 46 heavy (non-hydrogen) atoms. The molecule has 0 atom stereocenters. The van der Waals surface area contributed by atoms with Crippen LogP contribution in [0.25, 0.3) is 0 Å². The van der Waals surface area contributed by atoms with Crippen molar-refractivity contribution in [1.82, 2.24) is 0 Å². The number of hydrogen-bond donors (Lipinski definition) is 0. The molecule has 0 saturated carbocycles. The Morgan fingerprint density at radius 2 is 0.348 bits per heavy atom. The summed E-state index contributed by atoms with van der Waals surface area (Å²) < 4.78 is 279. The first-order valence-corrected chi connectivity index (χ1v) is 13.7. The summed E-state index contributed by atoms with van der Waals surface area (Å²) in [6.45, 7) is 0. The van der Waals surface area contributed by atoms with Gasteiger partial charge in [0, 0.05) is 0 Å². The summed E-state index contributed by atoms with van der Waals surface area (Å²) in [6.07, 6.45) is 0. The van der Waals surface area contributed by atoms with Gasteiger partial charge in [0.15, 0.2) is 69.8 Å². The van der Waals surface area contributed by atoms with Gasteiger partial charge in [0.1, 0.15) is 45.0 Å². The molecule has 3 rings (SSSR count). The zero-order valence-corrected chi connectivity index (χ0v) is 22.6. The van der Waals surface area contributed by atoms with Gasteiger partial charge < -0.3 is 13.7 Å². The van der Waals surface area contributed by atoms with Crippen LogP contribution in [0.1, 0.15) is 0 Å². The predicted octanol–water partition coefficient (Wildman–Crippen LogP) is 3.48. The molecule has 0 aliphatic rings. The second-order valence-electron chi connectivity index (χ2n) is 7.06. The molecule has 252 valence electrons. The maximum atomic E-state index is 12.6. The molecule has 0 aliphatic heterocycles. The Bertz CT molecular complexity index is 1720. The van der Waals surface area contributed by atoms with Crippen LogP contribution in [0.5, 0.6) is 0 Å². The van der Waals surface area contributed by atoms with Crippen molar-refractivity contribution in [3.8, 4) is 0 Å². The SMILES string of the molecule is O=S(=O)([O-])c1c(F)c(F)c(F)c(F)c1F.O=S(=O)([O-])c1c(F)c(F)c(F)c(F)c1F.O=S(=O)([O-])c1c(F)c(F)c(F)c(F)c1F.[B+3]. The minimum absolute atomic E-state index is 0. The number of rotatable bonds is 3. The molecule has 9 nitrogen and oxygen atoms in total. The molecular weight excluding hydrogens is 752 g/mol. The van der Waals surface area contributed by atoms with Crippen LogP contribution in [-0.4, -0.2) is 47.3 Å². The van der Waals surface area contributed by atoms with Crippen molar-refractivity contribution in [2.24, 2.45) is 0 Å². The largest absolute Gasteiger partial charge is 3.00 e. The van der Waals surface area contributed by atoms with Crippen LogP contribution < -0.4 is 0 Å². The summed E-state index contributed by atoms with van der Waals surface area (Å²) in [5, 5.41) is 0. The maximum Gasteiger partial charge on any atom is 3.00 e. The zero-order chi connectivity index (χ0) is 35.9. The van der Waals surface area contributed by atoms with Gasteiger partial charge >= 0.3 is 8.41 Å². The number of hydrogen-bond acceptors (Lipinski definition) is 9. The fourth-order valence-corrected chi connectivity index (χ4v) is 4.27. The first-order chi connectivity index (χ1) is 20.0. The van der Waals surface area contributed by atoms with Crippen LogP contribution in [0.4, 0.5) is 65.9 Å². The quantitative estimate of drug-likeness (QED) is 0.128. The summed E-state index contributed by atoms with van der Waals surface area (Å²) >= 11 is 0. The average molecular weight is 752 g/mol. The Labute approximate surface area is 245 Å². The van der Waals surface area contributed by atoms with Crippen LogP contribution in [0, 0.1) is 87.3 Å². The van der Waals surface area contributed by atoms with Crippen molar-refractivity contribution >= 4 is 38.8 Å². The van der Waals surface area contributed by atoms with Crippen LogP contribution in [0.2, 0.25) is 0 Å². The van der Waals surface area contributed by atoms with E-state index in [4.69, 9.17) is 0 Å². The predicted molar refractivity (Wildman–Crippen MR) is 108 cm³/mol. The minimum Gasteiger partial charge on any atom is -0.744 e. The van der Waals surface area contributed by atoms with Crippen LogP contribution >= 0.6 is 0 Å². The second-order valence-corrected chi connectivity index (χ2v) is 11.0. The fourth-order valence-electron chi connectivity index (χ4n) is 2.41. The van der Waals surface area contributed by atoms with E-state index in [1.165, 1.54) is 0 Å². The van der Waals surface area contributed by atoms with Gasteiger partial charge in [0.25, 0.3) is 0 Å². The average Bonchev–Trinajstić information content (AvgIpc) is 2.89. The van der Waals surface area contributed by atoms with Gasteiger partial charge in [-0.05, 0) is 0 Å². The van der Waals surface area contributed by atoms with Crippen molar-refractivity contribution in [2.45, 2.75) is 14.7 Å². The standard InChI is InChI=1S/3C6HF5O3S.B/c3*7-1-2(8)4(10)6(15(12,13)14)5(11)3(1)9;/h3*(H,12,13,14);/q;;;+3/p-3. The number of halogens is 15. The molecule has 0 spiro atoms. The molecule has 3 aromatic carbocycles. The molecule has 0 radical (unpaired) electrons. The molecule has 0 amide bonds. The molecule has 0 N–H and O–H groups in total. The van der Waals surface area contributed by atoms with Crippen LogP contribution in [-0.2, 0) is 30.4 Å². The molecule has 3 aromatic rings. The summed E-state index contributed by atoms with van der Waals surface area (Å²) in [7, 11) is -17.3. The van der Waals surface area contributed by atoms with E-state index in [1.54, 1.807) is 0 Å². The van der Waals surface area contributed by atoms with Crippen molar-refractivity contribution in [1.29, 1.82) is 0 Å². The monoisotopic (exact) mass is 752 g/mol. The van der Waals surface area contributed by atoms with E-state index in [9.17, 15) is 105 Å². The van der Waals surface area contributed by atoms with E-state index in [1.807, 2.05) is 0 Å². The third-order valence-corrected chi connectivity index (χ3v) is 6.83. The molecular formula is C18BF15O9S3. The van der Waals surface area contributed by atoms with Crippen molar-refractivity contribution < 1.29 is 105 Å². The number of benzene rings is 3. The smallest absolute Gasteiger partial charge is 0.744 e. The van der Waals surface area contributed by atoms with E-state index in [-0.39, 0.29) is 8.41 Å². The van der Waals surface area contributed by atoms with Crippen molar-refractivity contribution in [3.63, 3.8) is 0 Å². The first kappa shape index (κ1) is 42.4. The van der Waals surface area contributed by atoms with Gasteiger partial charge in [0.2, 0.25) is 17.5 Å². The van der Waals surface area contributed by atoms with Gasteiger partial charge in [-0.3, -0.25) is 0 Å². The maximum absolute atomic E-state index is 12.6. The summed E-state index contributed by atoms with van der Waals surface area (Å²) in [5.41, 5.74) is 0. The Morgan fingerprint density at radius 3 is 0.435 bits per heavy atom. The summed E-state index contributed by atoms with van der Waals surface area (Å²) in [5.74, 6) is -38.5. The van der Waals surface area contributed by atoms with Crippen LogP contribution in [0.3, 0.4) is 0 Å². The Balaban J connectivity index is 0.000000653. The van der Waals surface area contributed by atoms with E-state index in [2.05, 4.69) is 0 Å². The molecule has 28 heteroatoms. The normalized spacial score (nSPS) is 11.6. The molecule has 0 aliphatic carbocycles. The second kappa shape index (κ2) is 14.4. The van der Waals surface area contributed by atoms with Gasteiger partial charge in [-0.25, -0.2) is 91.1 Å². The molecule has 0 unspecified atom stereocenters. The first-order valence-electron chi connectivity index (χ1n) is 9.45. The Kier molecular flexibility index (Phi) is 13.3. The van der Waals surface area contributed by atoms with Crippen molar-refractivity contribution in [3.05, 3.63) is 87.3 Å². The van der Waals surface area contributed by atoms with E-state index in [0.717, 1.165) is 0 Å². The molecule has 0 fully saturated rings. The Morgan fingerprint density at radius 1 is 0.261 bits per heavy atom. The van der Waals surface area contributed by atoms with Gasteiger partial charge in [0.05, 0.1) is 0 Å². The van der Waals surface area contributed by atoms with Crippen molar-refractivity contribution in [2.75, 3.05) is 0 Å². The zero-order valence-electron chi connectivity index (χ0n) is 20.1. The van der Waals surface area contributed by atoms with Gasteiger partial charge in [-0.2, -0.15) is 0 Å². The van der Waals surface area contributed by atoms with E-state index < -0.39 is 132 Å². The molecule has 0 aromatic heterocycles. The van der Waals surface area contributed by atoms with E-state index >= 15 is 0 Å². The Hall–Kier alpha value is -3.60. The van der Waals surface area contributed by atoms with Crippen LogP contribution in [0.15, 0.2) is 14.7 Å². The fraction of sp³-hybridized carbons (Fsp3) is 0. The molecule has 0 saturated heterocycles. The third-order valence-electron chi connectivity index (χ3n) is 4.26. The summed E-state index contributed by atoms with van der Waals surface area (Å²) in [4.78, 5) is -7.13. The van der Waals surface area contributed by atoms with Gasteiger partial charge in [-0.15, -0.1) is 0 Å². The molecule has 0 bridgehead atoms. The molecule has 0 heterocycles.